The largest absolute Gasteiger partial charge is 0.490 e. The highest BCUT2D eigenvalue weighted by Gasteiger charge is 2.16. The fourth-order valence-electron chi connectivity index (χ4n) is 2.48. The first kappa shape index (κ1) is 18.7. The minimum absolute atomic E-state index is 0.217. The van der Waals surface area contributed by atoms with Crippen molar-refractivity contribution in [3.8, 4) is 17.2 Å². The number of ether oxygens (including phenoxy) is 3. The third-order valence-electron chi connectivity index (χ3n) is 3.89. The number of benzene rings is 2. The molecule has 2 aromatic rings. The normalized spacial score (nSPS) is 12.1. The molecule has 0 fully saturated rings. The molecule has 0 unspecified atom stereocenters. The van der Waals surface area contributed by atoms with Gasteiger partial charge in [-0.2, -0.15) is 0 Å². The summed E-state index contributed by atoms with van der Waals surface area (Å²) in [6.45, 7) is 3.17. The zero-order valence-electron chi connectivity index (χ0n) is 14.3. The summed E-state index contributed by atoms with van der Waals surface area (Å²) in [7, 11) is 0. The fraction of sp³-hybridized carbons (Fsp3) is 0.316. The number of hydrogen-bond donors (Lipinski definition) is 1. The second-order valence-corrected chi connectivity index (χ2v) is 6.66. The molecule has 0 aliphatic carbocycles. The third kappa shape index (κ3) is 4.34. The number of carbonyl (C=O) groups is 1. The number of rotatable bonds is 7. The second kappa shape index (κ2) is 8.52. The first-order valence-corrected chi connectivity index (χ1v) is 9.12. The monoisotopic (exact) mass is 395 g/mol. The van der Waals surface area contributed by atoms with Crippen LogP contribution in [0.25, 0.3) is 0 Å². The molecule has 1 N–H and O–H groups in total. The molecule has 0 radical (unpaired) electrons. The Morgan fingerprint density at radius 2 is 1.88 bits per heavy atom. The van der Waals surface area contributed by atoms with Gasteiger partial charge in [0.2, 0.25) is 6.79 Å². The molecule has 0 spiro atoms. The molecular formula is C19H19Cl2NO4. The van der Waals surface area contributed by atoms with Gasteiger partial charge in [0.1, 0.15) is 0 Å². The molecule has 1 amide bonds. The molecule has 2 aromatic carbocycles. The first-order chi connectivity index (χ1) is 12.6. The Morgan fingerprint density at radius 3 is 2.62 bits per heavy atom. The van der Waals surface area contributed by atoms with E-state index >= 15 is 0 Å². The van der Waals surface area contributed by atoms with Crippen molar-refractivity contribution in [2.45, 2.75) is 26.3 Å². The lowest BCUT2D eigenvalue weighted by molar-refractivity contribution is 0.0951. The molecule has 1 heterocycles. The molecule has 1 aliphatic rings. The van der Waals surface area contributed by atoms with E-state index in [-0.39, 0.29) is 12.7 Å². The van der Waals surface area contributed by atoms with Crippen molar-refractivity contribution in [2.75, 3.05) is 13.4 Å². The topological polar surface area (TPSA) is 56.8 Å². The van der Waals surface area contributed by atoms with Gasteiger partial charge in [0.05, 0.1) is 16.7 Å². The van der Waals surface area contributed by atoms with E-state index in [0.717, 1.165) is 18.4 Å². The lowest BCUT2D eigenvalue weighted by Crippen LogP contribution is -2.22. The minimum Gasteiger partial charge on any atom is -0.490 e. The van der Waals surface area contributed by atoms with Gasteiger partial charge in [0, 0.05) is 12.1 Å². The maximum absolute atomic E-state index is 12.4. The van der Waals surface area contributed by atoms with E-state index in [9.17, 15) is 4.79 Å². The van der Waals surface area contributed by atoms with Crippen LogP contribution in [0.15, 0.2) is 30.3 Å². The number of halogens is 2. The Morgan fingerprint density at radius 1 is 1.15 bits per heavy atom. The van der Waals surface area contributed by atoms with Gasteiger partial charge in [-0.25, -0.2) is 0 Å². The highest BCUT2D eigenvalue weighted by Crippen LogP contribution is 2.35. The Labute approximate surface area is 162 Å². The molecule has 0 bridgehead atoms. The Balaban J connectivity index is 1.64. The third-order valence-corrected chi connectivity index (χ3v) is 4.46. The van der Waals surface area contributed by atoms with Crippen LogP contribution in [0.1, 0.15) is 35.7 Å². The molecule has 3 rings (SSSR count). The summed E-state index contributed by atoms with van der Waals surface area (Å²) < 4.78 is 16.2. The van der Waals surface area contributed by atoms with Gasteiger partial charge in [-0.05, 0) is 36.2 Å². The number of fused-ring (bicyclic) bond motifs is 1. The van der Waals surface area contributed by atoms with Gasteiger partial charge < -0.3 is 19.5 Å². The summed E-state index contributed by atoms with van der Waals surface area (Å²) in [5.41, 5.74) is 1.28. The van der Waals surface area contributed by atoms with E-state index < -0.39 is 0 Å². The van der Waals surface area contributed by atoms with Crippen molar-refractivity contribution in [3.63, 3.8) is 0 Å². The molecule has 138 valence electrons. The lowest BCUT2D eigenvalue weighted by atomic mass is 10.1. The average molecular weight is 396 g/mol. The number of unbranched alkanes of at least 4 members (excludes halogenated alkanes) is 1. The smallest absolute Gasteiger partial charge is 0.251 e. The molecule has 0 saturated heterocycles. The number of amides is 1. The molecule has 0 atom stereocenters. The second-order valence-electron chi connectivity index (χ2n) is 5.84. The van der Waals surface area contributed by atoms with Crippen LogP contribution in [0.2, 0.25) is 10.0 Å². The fourth-order valence-corrected chi connectivity index (χ4v) is 3.08. The molecule has 7 heteroatoms. The van der Waals surface area contributed by atoms with Crippen molar-refractivity contribution in [2.24, 2.45) is 0 Å². The average Bonchev–Trinajstić information content (AvgIpc) is 3.09. The van der Waals surface area contributed by atoms with Gasteiger partial charge in [-0.15, -0.1) is 0 Å². The Kier molecular flexibility index (Phi) is 6.12. The van der Waals surface area contributed by atoms with E-state index in [1.165, 1.54) is 0 Å². The SMILES string of the molecule is CCCCOc1c(Cl)cc(C(=O)NCc2ccc3c(c2)OCO3)cc1Cl. The van der Waals surface area contributed by atoms with Crippen molar-refractivity contribution in [3.05, 3.63) is 51.5 Å². The van der Waals surface area contributed by atoms with Gasteiger partial charge in [-0.3, -0.25) is 4.79 Å². The van der Waals surface area contributed by atoms with Crippen molar-refractivity contribution < 1.29 is 19.0 Å². The van der Waals surface area contributed by atoms with E-state index in [2.05, 4.69) is 12.2 Å². The van der Waals surface area contributed by atoms with Crippen molar-refractivity contribution in [1.82, 2.24) is 5.32 Å². The number of carbonyl (C=O) groups excluding carboxylic acids is 1. The zero-order chi connectivity index (χ0) is 18.5. The minimum atomic E-state index is -0.272. The summed E-state index contributed by atoms with van der Waals surface area (Å²) >= 11 is 12.4. The maximum Gasteiger partial charge on any atom is 0.251 e. The molecule has 0 aromatic heterocycles. The summed E-state index contributed by atoms with van der Waals surface area (Å²) in [5.74, 6) is 1.52. The summed E-state index contributed by atoms with van der Waals surface area (Å²) in [4.78, 5) is 12.4. The van der Waals surface area contributed by atoms with Crippen molar-refractivity contribution >= 4 is 29.1 Å². The Bertz CT molecular complexity index is 787. The molecule has 5 nitrogen and oxygen atoms in total. The number of hydrogen-bond acceptors (Lipinski definition) is 4. The quantitative estimate of drug-likeness (QED) is 0.681. The molecule has 0 saturated carbocycles. The summed E-state index contributed by atoms with van der Waals surface area (Å²) in [6, 6.07) is 8.65. The van der Waals surface area contributed by atoms with E-state index in [0.29, 0.717) is 46.0 Å². The maximum atomic E-state index is 12.4. The van der Waals surface area contributed by atoms with Crippen LogP contribution in [-0.2, 0) is 6.54 Å². The predicted molar refractivity (Wildman–Crippen MR) is 101 cm³/mol. The van der Waals surface area contributed by atoms with Gasteiger partial charge in [-0.1, -0.05) is 42.6 Å². The number of nitrogens with one attached hydrogen (secondary N) is 1. The highest BCUT2D eigenvalue weighted by molar-refractivity contribution is 6.37. The van der Waals surface area contributed by atoms with Crippen LogP contribution >= 0.6 is 23.2 Å². The lowest BCUT2D eigenvalue weighted by Gasteiger charge is -2.12. The van der Waals surface area contributed by atoms with Crippen LogP contribution in [-0.4, -0.2) is 19.3 Å². The van der Waals surface area contributed by atoms with E-state index in [4.69, 9.17) is 37.4 Å². The molecular weight excluding hydrogens is 377 g/mol. The predicted octanol–water partition coefficient (Wildman–Crippen LogP) is 4.83. The highest BCUT2D eigenvalue weighted by atomic mass is 35.5. The van der Waals surface area contributed by atoms with E-state index in [1.54, 1.807) is 12.1 Å². The summed E-state index contributed by atoms with van der Waals surface area (Å²) in [6.07, 6.45) is 1.92. The molecule has 26 heavy (non-hydrogen) atoms. The van der Waals surface area contributed by atoms with Crippen LogP contribution < -0.4 is 19.5 Å². The Hall–Kier alpha value is -2.11. The van der Waals surface area contributed by atoms with Crippen molar-refractivity contribution in [1.29, 1.82) is 0 Å². The molecule has 1 aliphatic heterocycles. The summed E-state index contributed by atoms with van der Waals surface area (Å²) in [5, 5.41) is 3.48. The van der Waals surface area contributed by atoms with Crippen LogP contribution in [0, 0.1) is 0 Å². The van der Waals surface area contributed by atoms with Gasteiger partial charge >= 0.3 is 0 Å². The van der Waals surface area contributed by atoms with Gasteiger partial charge in [0.15, 0.2) is 17.2 Å². The van der Waals surface area contributed by atoms with Crippen LogP contribution in [0.5, 0.6) is 17.2 Å². The van der Waals surface area contributed by atoms with Gasteiger partial charge in [0.25, 0.3) is 5.91 Å². The zero-order valence-corrected chi connectivity index (χ0v) is 15.8. The van der Waals surface area contributed by atoms with Crippen LogP contribution in [0.4, 0.5) is 0 Å². The standard InChI is InChI=1S/C19H19Cl2NO4/c1-2-3-6-24-18-14(20)8-13(9-15(18)21)19(23)22-10-12-4-5-16-17(7-12)26-11-25-16/h4-5,7-9H,2-3,6,10-11H2,1H3,(H,22,23). The first-order valence-electron chi connectivity index (χ1n) is 8.37. The van der Waals surface area contributed by atoms with Crippen LogP contribution in [0.3, 0.4) is 0 Å². The van der Waals surface area contributed by atoms with E-state index in [1.807, 2.05) is 18.2 Å².